The van der Waals surface area contributed by atoms with E-state index in [4.69, 9.17) is 0 Å². The molecule has 5 atom stereocenters. The maximum absolute atomic E-state index is 12.8. The molecule has 5 saturated heterocycles. The van der Waals surface area contributed by atoms with Gasteiger partial charge in [-0.15, -0.1) is 0 Å². The number of sulfonamides is 1. The van der Waals surface area contributed by atoms with Gasteiger partial charge in [-0.2, -0.15) is 0 Å². The third kappa shape index (κ3) is 5.52. The van der Waals surface area contributed by atoms with E-state index in [9.17, 15) is 8.42 Å². The van der Waals surface area contributed by atoms with Gasteiger partial charge in [0.2, 0.25) is 10.0 Å². The van der Waals surface area contributed by atoms with Crippen LogP contribution in [-0.2, 0) is 10.0 Å². The van der Waals surface area contributed by atoms with Crippen molar-refractivity contribution < 1.29 is 8.42 Å². The van der Waals surface area contributed by atoms with E-state index in [-0.39, 0.29) is 5.25 Å². The Hall–Kier alpha value is -0.250. The first-order valence-electron chi connectivity index (χ1n) is 13.5. The predicted octanol–water partition coefficient (Wildman–Crippen LogP) is 1.67. The van der Waals surface area contributed by atoms with Gasteiger partial charge in [0.25, 0.3) is 0 Å². The molecule has 7 nitrogen and oxygen atoms in total. The van der Waals surface area contributed by atoms with Crippen LogP contribution < -0.4 is 10.0 Å². The van der Waals surface area contributed by atoms with E-state index in [1.807, 2.05) is 0 Å². The summed E-state index contributed by atoms with van der Waals surface area (Å²) in [6.45, 7) is 10.1. The van der Waals surface area contributed by atoms with Crippen molar-refractivity contribution in [3.8, 4) is 0 Å². The maximum Gasteiger partial charge on any atom is 0.214 e. The minimum Gasteiger partial charge on any atom is -0.302 e. The molecule has 5 heterocycles. The smallest absolute Gasteiger partial charge is 0.214 e. The van der Waals surface area contributed by atoms with Crippen LogP contribution in [0, 0.1) is 11.8 Å². The highest BCUT2D eigenvalue weighted by Crippen LogP contribution is 2.37. The number of nitrogens with one attached hydrogen (secondary N) is 2. The van der Waals surface area contributed by atoms with Gasteiger partial charge >= 0.3 is 0 Å². The van der Waals surface area contributed by atoms with Gasteiger partial charge in [-0.3, -0.25) is 9.80 Å². The Bertz CT molecular complexity index is 699. The molecule has 32 heavy (non-hydrogen) atoms. The van der Waals surface area contributed by atoms with Crippen LogP contribution in [0.4, 0.5) is 0 Å². The number of fused-ring (bicyclic) bond motifs is 3. The summed E-state index contributed by atoms with van der Waals surface area (Å²) in [5.74, 6) is 1.52. The summed E-state index contributed by atoms with van der Waals surface area (Å²) in [4.78, 5) is 7.96. The second kappa shape index (κ2) is 10.6. The highest BCUT2D eigenvalue weighted by atomic mass is 32.2. The van der Waals surface area contributed by atoms with Crippen molar-refractivity contribution in [2.75, 3.05) is 58.9 Å². The second-order valence-electron chi connectivity index (χ2n) is 11.1. The molecule has 6 fully saturated rings. The molecule has 6 rings (SSSR count). The molecule has 0 amide bonds. The van der Waals surface area contributed by atoms with Gasteiger partial charge in [0.15, 0.2) is 0 Å². The van der Waals surface area contributed by atoms with E-state index in [0.29, 0.717) is 18.8 Å². The molecule has 0 spiro atoms. The molecule has 0 aromatic heterocycles. The highest BCUT2D eigenvalue weighted by molar-refractivity contribution is 7.90. The van der Waals surface area contributed by atoms with Crippen LogP contribution in [0.2, 0.25) is 0 Å². The van der Waals surface area contributed by atoms with Crippen molar-refractivity contribution in [2.24, 2.45) is 11.8 Å². The van der Waals surface area contributed by atoms with Gasteiger partial charge in [-0.05, 0) is 69.9 Å². The van der Waals surface area contributed by atoms with E-state index < -0.39 is 10.0 Å². The molecule has 184 valence electrons. The Morgan fingerprint density at radius 3 is 2.31 bits per heavy atom. The topological polar surface area (TPSA) is 67.9 Å². The van der Waals surface area contributed by atoms with Crippen LogP contribution >= 0.6 is 0 Å². The normalized spacial score (nSPS) is 38.2. The van der Waals surface area contributed by atoms with Crippen molar-refractivity contribution in [2.45, 2.75) is 81.7 Å². The van der Waals surface area contributed by atoms with E-state index in [2.05, 4.69) is 24.7 Å². The van der Waals surface area contributed by atoms with E-state index in [1.54, 1.807) is 0 Å². The summed E-state index contributed by atoms with van der Waals surface area (Å²) in [7, 11) is -3.15. The molecule has 2 unspecified atom stereocenters. The number of hydrogen-bond acceptors (Lipinski definition) is 6. The zero-order valence-electron chi connectivity index (χ0n) is 19.9. The molecule has 5 aliphatic heterocycles. The van der Waals surface area contributed by atoms with Crippen molar-refractivity contribution >= 4 is 10.0 Å². The Morgan fingerprint density at radius 1 is 0.844 bits per heavy atom. The van der Waals surface area contributed by atoms with Crippen molar-refractivity contribution in [3.05, 3.63) is 0 Å². The van der Waals surface area contributed by atoms with E-state index in [1.165, 1.54) is 77.8 Å². The summed E-state index contributed by atoms with van der Waals surface area (Å²) in [5.41, 5.74) is 0. The molecule has 0 radical (unpaired) electrons. The van der Waals surface area contributed by atoms with Gasteiger partial charge in [0.1, 0.15) is 0 Å². The molecule has 1 aliphatic carbocycles. The predicted molar refractivity (Wildman–Crippen MR) is 129 cm³/mol. The molecule has 2 bridgehead atoms. The summed E-state index contributed by atoms with van der Waals surface area (Å²) in [5, 5.41) is 3.56. The van der Waals surface area contributed by atoms with Gasteiger partial charge < -0.3 is 10.2 Å². The van der Waals surface area contributed by atoms with Gasteiger partial charge in [0.05, 0.1) is 11.4 Å². The fraction of sp³-hybridized carbons (Fsp3) is 1.00. The largest absolute Gasteiger partial charge is 0.302 e. The Balaban J connectivity index is 1.06. The van der Waals surface area contributed by atoms with Crippen molar-refractivity contribution in [1.29, 1.82) is 0 Å². The average molecular weight is 468 g/mol. The zero-order chi connectivity index (χ0) is 22.0. The summed E-state index contributed by atoms with van der Waals surface area (Å²) >= 11 is 0. The third-order valence-electron chi connectivity index (χ3n) is 9.15. The third-order valence-corrected chi connectivity index (χ3v) is 11.1. The molecule has 8 heteroatoms. The number of nitrogens with zero attached hydrogens (tertiary/aromatic N) is 3. The fourth-order valence-electron chi connectivity index (χ4n) is 7.11. The van der Waals surface area contributed by atoms with Crippen molar-refractivity contribution in [3.63, 3.8) is 0 Å². The lowest BCUT2D eigenvalue weighted by Crippen LogP contribution is -2.60. The Labute approximate surface area is 195 Å². The monoisotopic (exact) mass is 467 g/mol. The Morgan fingerprint density at radius 2 is 1.62 bits per heavy atom. The van der Waals surface area contributed by atoms with E-state index in [0.717, 1.165) is 50.6 Å². The van der Waals surface area contributed by atoms with E-state index >= 15 is 0 Å². The SMILES string of the molecule is O=S(=O)(NC[C@@H]1C[C@H]2CCN1C[C@@H]2CN1CCN(C2CCCCN2)CC1)C1CCCCC1. The van der Waals surface area contributed by atoms with Gasteiger partial charge in [-0.25, -0.2) is 13.1 Å². The fourth-order valence-corrected chi connectivity index (χ4v) is 8.72. The van der Waals surface area contributed by atoms with Gasteiger partial charge in [-0.1, -0.05) is 19.3 Å². The average Bonchev–Trinajstić information content (AvgIpc) is 2.85. The first-order valence-corrected chi connectivity index (χ1v) is 15.1. The van der Waals surface area contributed by atoms with Crippen LogP contribution in [0.15, 0.2) is 0 Å². The van der Waals surface area contributed by atoms with Crippen LogP contribution in [0.5, 0.6) is 0 Å². The lowest BCUT2D eigenvalue weighted by Gasteiger charge is -2.51. The number of piperidine rings is 4. The first kappa shape index (κ1) is 23.5. The van der Waals surface area contributed by atoms with Crippen LogP contribution in [0.1, 0.15) is 64.2 Å². The molecule has 6 aliphatic rings. The summed E-state index contributed by atoms with van der Waals surface area (Å²) in [6.07, 6.45) is 12.1. The number of piperazine rings is 1. The first-order chi connectivity index (χ1) is 15.6. The van der Waals surface area contributed by atoms with Gasteiger partial charge in [0, 0.05) is 51.9 Å². The molecule has 1 saturated carbocycles. The summed E-state index contributed by atoms with van der Waals surface area (Å²) < 4.78 is 28.5. The zero-order valence-corrected chi connectivity index (χ0v) is 20.7. The van der Waals surface area contributed by atoms with Crippen LogP contribution in [-0.4, -0.2) is 99.5 Å². The molecular formula is C24H45N5O2S. The minimum absolute atomic E-state index is 0.151. The van der Waals surface area contributed by atoms with Crippen LogP contribution in [0.25, 0.3) is 0 Å². The highest BCUT2D eigenvalue weighted by Gasteiger charge is 2.41. The molecule has 0 aromatic rings. The molecule has 0 aromatic carbocycles. The molecular weight excluding hydrogens is 422 g/mol. The lowest BCUT2D eigenvalue weighted by atomic mass is 9.75. The Kier molecular flexibility index (Phi) is 7.76. The maximum atomic E-state index is 12.8. The minimum atomic E-state index is -3.15. The second-order valence-corrected chi connectivity index (χ2v) is 13.2. The number of rotatable bonds is 7. The van der Waals surface area contributed by atoms with Crippen molar-refractivity contribution in [1.82, 2.24) is 24.7 Å². The number of hydrogen-bond donors (Lipinski definition) is 2. The van der Waals surface area contributed by atoms with Crippen LogP contribution in [0.3, 0.4) is 0 Å². The molecule has 2 N–H and O–H groups in total. The summed E-state index contributed by atoms with van der Waals surface area (Å²) in [6, 6.07) is 0.401. The lowest BCUT2D eigenvalue weighted by molar-refractivity contribution is -0.0199. The standard InChI is InChI=1S/C24H45N5O2S/c30-32(31,23-6-2-1-3-7-23)26-17-22-16-20-9-11-29(22)19-21(20)18-27-12-14-28(15-13-27)24-8-4-5-10-25-24/h20-26H,1-19H2/t20-,21+,22+,24?/m1/s1. The quantitative estimate of drug-likeness (QED) is 0.594.